The van der Waals surface area contributed by atoms with Gasteiger partial charge >= 0.3 is 0 Å². The lowest BCUT2D eigenvalue weighted by Gasteiger charge is -2.24. The molecular formula is C15H25N3S. The van der Waals surface area contributed by atoms with Gasteiger partial charge in [0.05, 0.1) is 6.04 Å². The molecule has 4 heteroatoms. The summed E-state index contributed by atoms with van der Waals surface area (Å²) < 4.78 is 0. The number of hydrogen-bond donors (Lipinski definition) is 2. The average Bonchev–Trinajstić information content (AvgIpc) is 3.01. The molecule has 0 aromatic carbocycles. The van der Waals surface area contributed by atoms with E-state index < -0.39 is 0 Å². The molecule has 1 saturated carbocycles. The summed E-state index contributed by atoms with van der Waals surface area (Å²) in [5.41, 5.74) is 0. The maximum absolute atomic E-state index is 4.47. The van der Waals surface area contributed by atoms with Gasteiger partial charge < -0.3 is 10.6 Å². The first-order valence-corrected chi connectivity index (χ1v) is 8.46. The molecule has 3 nitrogen and oxygen atoms in total. The Balaban J connectivity index is 1.47. The largest absolute Gasteiger partial charge is 0.310 e. The van der Waals surface area contributed by atoms with Crippen LogP contribution in [0.15, 0.2) is 6.20 Å². The molecule has 106 valence electrons. The quantitative estimate of drug-likeness (QED) is 0.889. The van der Waals surface area contributed by atoms with Crippen LogP contribution in [0.3, 0.4) is 0 Å². The third-order valence-corrected chi connectivity index (χ3v) is 5.72. The van der Waals surface area contributed by atoms with E-state index in [4.69, 9.17) is 0 Å². The number of thiazole rings is 1. The molecule has 1 saturated heterocycles. The standard InChI is InChI=1S/C15H25N3S/c1-10-8-17-15(19-10)11(2)16-9-13-7-12-5-3-4-6-14(12)18-13/h8,11-14,16,18H,3-7,9H2,1-2H3. The van der Waals surface area contributed by atoms with E-state index >= 15 is 0 Å². The van der Waals surface area contributed by atoms with E-state index in [1.165, 1.54) is 42.0 Å². The fourth-order valence-corrected chi connectivity index (χ4v) is 4.37. The van der Waals surface area contributed by atoms with Gasteiger partial charge in [-0.2, -0.15) is 0 Å². The summed E-state index contributed by atoms with van der Waals surface area (Å²) >= 11 is 1.80. The lowest BCUT2D eigenvalue weighted by atomic mass is 9.85. The van der Waals surface area contributed by atoms with Crippen LogP contribution in [0.25, 0.3) is 0 Å². The molecule has 1 aliphatic heterocycles. The summed E-state index contributed by atoms with van der Waals surface area (Å²) in [4.78, 5) is 5.77. The van der Waals surface area contributed by atoms with Crippen molar-refractivity contribution in [3.05, 3.63) is 16.1 Å². The van der Waals surface area contributed by atoms with Gasteiger partial charge in [0.25, 0.3) is 0 Å². The molecule has 2 aliphatic rings. The summed E-state index contributed by atoms with van der Waals surface area (Å²) in [5.74, 6) is 0.943. The zero-order valence-corrected chi connectivity index (χ0v) is 12.8. The smallest absolute Gasteiger partial charge is 0.109 e. The van der Waals surface area contributed by atoms with Gasteiger partial charge in [-0.25, -0.2) is 4.98 Å². The molecule has 2 fully saturated rings. The van der Waals surface area contributed by atoms with Crippen LogP contribution < -0.4 is 10.6 Å². The fraction of sp³-hybridized carbons (Fsp3) is 0.800. The Morgan fingerprint density at radius 1 is 1.47 bits per heavy atom. The highest BCUT2D eigenvalue weighted by Crippen LogP contribution is 2.33. The Bertz CT molecular complexity index is 403. The third kappa shape index (κ3) is 3.18. The Labute approximate surface area is 120 Å². The lowest BCUT2D eigenvalue weighted by Crippen LogP contribution is -2.39. The van der Waals surface area contributed by atoms with Crippen LogP contribution in [0.4, 0.5) is 0 Å². The second kappa shape index (κ2) is 5.90. The Morgan fingerprint density at radius 2 is 2.32 bits per heavy atom. The van der Waals surface area contributed by atoms with E-state index in [1.807, 2.05) is 6.20 Å². The molecule has 0 bridgehead atoms. The zero-order chi connectivity index (χ0) is 13.2. The van der Waals surface area contributed by atoms with E-state index in [0.717, 1.165) is 18.5 Å². The number of aryl methyl sites for hydroxylation is 1. The number of nitrogens with one attached hydrogen (secondary N) is 2. The van der Waals surface area contributed by atoms with Crippen molar-refractivity contribution >= 4 is 11.3 Å². The molecule has 19 heavy (non-hydrogen) atoms. The predicted molar refractivity (Wildman–Crippen MR) is 80.6 cm³/mol. The normalized spacial score (nSPS) is 32.2. The fourth-order valence-electron chi connectivity index (χ4n) is 3.57. The summed E-state index contributed by atoms with van der Waals surface area (Å²) in [6, 6.07) is 1.85. The molecule has 0 amide bonds. The van der Waals surface area contributed by atoms with E-state index in [0.29, 0.717) is 12.1 Å². The van der Waals surface area contributed by atoms with Crippen molar-refractivity contribution in [1.82, 2.24) is 15.6 Å². The van der Waals surface area contributed by atoms with Crippen molar-refractivity contribution in [1.29, 1.82) is 0 Å². The molecule has 0 spiro atoms. The average molecular weight is 279 g/mol. The minimum atomic E-state index is 0.378. The third-order valence-electron chi connectivity index (χ3n) is 4.63. The number of rotatable bonds is 4. The van der Waals surface area contributed by atoms with Gasteiger partial charge in [-0.3, -0.25) is 0 Å². The van der Waals surface area contributed by atoms with E-state index in [-0.39, 0.29) is 0 Å². The number of nitrogens with zero attached hydrogens (tertiary/aromatic N) is 1. The first-order valence-electron chi connectivity index (χ1n) is 7.64. The highest BCUT2D eigenvalue weighted by molar-refractivity contribution is 7.11. The van der Waals surface area contributed by atoms with Crippen molar-refractivity contribution in [2.75, 3.05) is 6.54 Å². The van der Waals surface area contributed by atoms with E-state index in [2.05, 4.69) is 29.5 Å². The van der Waals surface area contributed by atoms with Gasteiger partial charge in [-0.15, -0.1) is 11.3 Å². The van der Waals surface area contributed by atoms with Crippen molar-refractivity contribution in [3.8, 4) is 0 Å². The molecular weight excluding hydrogens is 254 g/mol. The maximum atomic E-state index is 4.47. The van der Waals surface area contributed by atoms with Crippen LogP contribution in [-0.4, -0.2) is 23.6 Å². The van der Waals surface area contributed by atoms with E-state index in [9.17, 15) is 0 Å². The van der Waals surface area contributed by atoms with Gasteiger partial charge in [0.1, 0.15) is 5.01 Å². The van der Waals surface area contributed by atoms with Gasteiger partial charge in [0.2, 0.25) is 0 Å². The second-order valence-corrected chi connectivity index (χ2v) is 7.46. The molecule has 1 aromatic rings. The van der Waals surface area contributed by atoms with Gasteiger partial charge in [-0.05, 0) is 39.0 Å². The van der Waals surface area contributed by atoms with Gasteiger partial charge in [-0.1, -0.05) is 12.8 Å². The van der Waals surface area contributed by atoms with Gasteiger partial charge in [0.15, 0.2) is 0 Å². The Kier molecular flexibility index (Phi) is 4.20. The van der Waals surface area contributed by atoms with Crippen molar-refractivity contribution in [2.45, 2.75) is 64.1 Å². The summed E-state index contributed by atoms with van der Waals surface area (Å²) in [6.45, 7) is 5.42. The Morgan fingerprint density at radius 3 is 3.05 bits per heavy atom. The second-order valence-electron chi connectivity index (χ2n) is 6.19. The highest BCUT2D eigenvalue weighted by atomic mass is 32.1. The minimum absolute atomic E-state index is 0.378. The summed E-state index contributed by atoms with van der Waals surface area (Å²) in [6.07, 6.45) is 9.03. The topological polar surface area (TPSA) is 37.0 Å². The molecule has 3 rings (SSSR count). The first kappa shape index (κ1) is 13.5. The first-order chi connectivity index (χ1) is 9.22. The minimum Gasteiger partial charge on any atom is -0.310 e. The van der Waals surface area contributed by atoms with E-state index in [1.54, 1.807) is 11.3 Å². The number of hydrogen-bond acceptors (Lipinski definition) is 4. The molecule has 0 radical (unpaired) electrons. The monoisotopic (exact) mass is 279 g/mol. The Hall–Kier alpha value is -0.450. The molecule has 4 atom stereocenters. The zero-order valence-electron chi connectivity index (χ0n) is 12.0. The van der Waals surface area contributed by atoms with Crippen molar-refractivity contribution < 1.29 is 0 Å². The molecule has 1 aliphatic carbocycles. The van der Waals surface area contributed by atoms with Crippen LogP contribution in [-0.2, 0) is 0 Å². The maximum Gasteiger partial charge on any atom is 0.109 e. The van der Waals surface area contributed by atoms with Crippen LogP contribution in [0.1, 0.15) is 55.0 Å². The number of fused-ring (bicyclic) bond motifs is 1. The molecule has 4 unspecified atom stereocenters. The highest BCUT2D eigenvalue weighted by Gasteiger charge is 2.34. The predicted octanol–water partition coefficient (Wildman–Crippen LogP) is 3.02. The van der Waals surface area contributed by atoms with Crippen molar-refractivity contribution in [2.24, 2.45) is 5.92 Å². The lowest BCUT2D eigenvalue weighted by molar-refractivity contribution is 0.325. The molecule has 2 N–H and O–H groups in total. The van der Waals surface area contributed by atoms with Crippen LogP contribution >= 0.6 is 11.3 Å². The van der Waals surface area contributed by atoms with Crippen LogP contribution in [0.5, 0.6) is 0 Å². The van der Waals surface area contributed by atoms with Crippen LogP contribution in [0, 0.1) is 12.8 Å². The summed E-state index contributed by atoms with van der Waals surface area (Å²) in [5, 5.41) is 8.69. The molecule has 2 heterocycles. The SMILES string of the molecule is Cc1cnc(C(C)NCC2CC3CCCCC3N2)s1. The van der Waals surface area contributed by atoms with Gasteiger partial charge in [0, 0.05) is 29.7 Å². The molecule has 1 aromatic heterocycles. The number of aromatic nitrogens is 1. The summed E-state index contributed by atoms with van der Waals surface area (Å²) in [7, 11) is 0. The van der Waals surface area contributed by atoms with Crippen LogP contribution in [0.2, 0.25) is 0 Å². The van der Waals surface area contributed by atoms with Crippen molar-refractivity contribution in [3.63, 3.8) is 0 Å².